The number of allylic oxidation sites excluding steroid dienone is 2. The highest BCUT2D eigenvalue weighted by Gasteiger charge is 2.31. The van der Waals surface area contributed by atoms with Crippen LogP contribution in [0.5, 0.6) is 0 Å². The van der Waals surface area contributed by atoms with E-state index in [0.29, 0.717) is 19.0 Å². The quantitative estimate of drug-likeness (QED) is 0.535. The molecule has 1 aromatic carbocycles. The molecule has 1 aromatic rings. The van der Waals surface area contributed by atoms with Crippen LogP contribution >= 0.6 is 11.6 Å². The molecule has 34 heavy (non-hydrogen) atoms. The van der Waals surface area contributed by atoms with Crippen LogP contribution in [0.1, 0.15) is 31.2 Å². The molecule has 3 aliphatic rings. The van der Waals surface area contributed by atoms with E-state index in [9.17, 15) is 4.79 Å². The summed E-state index contributed by atoms with van der Waals surface area (Å²) in [7, 11) is 2.23. The van der Waals surface area contributed by atoms with Crippen LogP contribution in [0, 0.1) is 5.92 Å². The Labute approximate surface area is 210 Å². The number of halogens is 1. The van der Waals surface area contributed by atoms with Crippen LogP contribution in [0.25, 0.3) is 0 Å². The number of hydrogen-bond acceptors (Lipinski definition) is 4. The predicted octanol–water partition coefficient (Wildman–Crippen LogP) is 4.51. The molecular weight excluding hydrogens is 444 g/mol. The van der Waals surface area contributed by atoms with Gasteiger partial charge in [0.2, 0.25) is 5.91 Å². The molecule has 0 atom stereocenters. The van der Waals surface area contributed by atoms with Gasteiger partial charge >= 0.3 is 0 Å². The van der Waals surface area contributed by atoms with E-state index in [-0.39, 0.29) is 5.91 Å². The van der Waals surface area contributed by atoms with Crippen LogP contribution in [0.2, 0.25) is 0 Å². The second-order valence-corrected chi connectivity index (χ2v) is 10.3. The molecule has 0 aromatic heterocycles. The number of rotatable bonds is 7. The van der Waals surface area contributed by atoms with Crippen LogP contribution in [0.15, 0.2) is 60.2 Å². The number of piperidine rings is 2. The summed E-state index contributed by atoms with van der Waals surface area (Å²) in [4.78, 5) is 22.9. The van der Waals surface area contributed by atoms with Crippen LogP contribution in [0.4, 0.5) is 5.69 Å². The van der Waals surface area contributed by atoms with Crippen molar-refractivity contribution in [3.05, 3.63) is 65.7 Å². The lowest BCUT2D eigenvalue weighted by Crippen LogP contribution is -2.48. The van der Waals surface area contributed by atoms with Gasteiger partial charge in [0.1, 0.15) is 0 Å². The van der Waals surface area contributed by atoms with Crippen molar-refractivity contribution in [1.29, 1.82) is 0 Å². The second-order valence-electron chi connectivity index (χ2n) is 10.1. The molecule has 5 nitrogen and oxygen atoms in total. The number of amides is 1. The fourth-order valence-corrected chi connectivity index (χ4v) is 5.72. The summed E-state index contributed by atoms with van der Waals surface area (Å²) in [5.74, 6) is 0.752. The number of nitrogens with zero attached hydrogens (tertiary/aromatic N) is 4. The van der Waals surface area contributed by atoms with Gasteiger partial charge in [-0.2, -0.15) is 0 Å². The topological polar surface area (TPSA) is 30.0 Å². The Morgan fingerprint density at radius 2 is 1.82 bits per heavy atom. The number of para-hydroxylation sites is 1. The van der Waals surface area contributed by atoms with Gasteiger partial charge in [0.15, 0.2) is 0 Å². The van der Waals surface area contributed by atoms with Crippen molar-refractivity contribution in [2.75, 3.05) is 57.8 Å². The maximum atomic E-state index is 13.5. The second kappa shape index (κ2) is 12.2. The van der Waals surface area contributed by atoms with Gasteiger partial charge in [-0.1, -0.05) is 54.6 Å². The van der Waals surface area contributed by atoms with Gasteiger partial charge in [-0.15, -0.1) is 0 Å². The maximum absolute atomic E-state index is 13.5. The Kier molecular flexibility index (Phi) is 9.01. The largest absolute Gasteiger partial charge is 0.311 e. The Morgan fingerprint density at radius 3 is 2.53 bits per heavy atom. The molecule has 0 bridgehead atoms. The summed E-state index contributed by atoms with van der Waals surface area (Å²) >= 11 is 5.69. The average molecular weight is 483 g/mol. The standard InChI is InChI=1S/C28H39ClN4O/c1-3-23(7-6-14-29)19-31-21-25-8-4-5-9-27(25)33(28(34)22-31)20-24-10-17-32(18-11-24)26-12-15-30(2)16-13-26/h3-9,14,24,26H,1,10-13,15-22H2,2H3/b14-6+,23-7+. The van der Waals surface area contributed by atoms with Crippen molar-refractivity contribution in [3.8, 4) is 0 Å². The van der Waals surface area contributed by atoms with E-state index in [1.165, 1.54) is 49.9 Å². The van der Waals surface area contributed by atoms with E-state index in [1.807, 2.05) is 12.2 Å². The molecule has 0 unspecified atom stereocenters. The highest BCUT2D eigenvalue weighted by atomic mass is 35.5. The summed E-state index contributed by atoms with van der Waals surface area (Å²) in [5.41, 5.74) is 4.84. The predicted molar refractivity (Wildman–Crippen MR) is 142 cm³/mol. The highest BCUT2D eigenvalue weighted by Crippen LogP contribution is 2.30. The van der Waals surface area contributed by atoms with Crippen molar-refractivity contribution in [2.24, 2.45) is 5.92 Å². The SMILES string of the molecule is C=C/C(=C\C=C\Cl)CN1CC(=O)N(CC2CCN(C3CCN(C)CC3)CC2)c2ccccc2C1. The van der Waals surface area contributed by atoms with E-state index >= 15 is 0 Å². The van der Waals surface area contributed by atoms with Gasteiger partial charge in [0.05, 0.1) is 6.54 Å². The first-order valence-electron chi connectivity index (χ1n) is 12.7. The first kappa shape index (κ1) is 25.2. The minimum absolute atomic E-state index is 0.194. The van der Waals surface area contributed by atoms with E-state index < -0.39 is 0 Å². The molecule has 4 rings (SSSR count). The number of carbonyl (C=O) groups is 1. The molecule has 0 aliphatic carbocycles. The van der Waals surface area contributed by atoms with E-state index in [0.717, 1.165) is 43.5 Å². The first-order chi connectivity index (χ1) is 16.6. The lowest BCUT2D eigenvalue weighted by Gasteiger charge is -2.42. The minimum atomic E-state index is 0.194. The fourth-order valence-electron chi connectivity index (χ4n) is 5.65. The van der Waals surface area contributed by atoms with Gasteiger partial charge < -0.3 is 14.7 Å². The van der Waals surface area contributed by atoms with Crippen molar-refractivity contribution < 1.29 is 4.79 Å². The molecule has 0 saturated carbocycles. The van der Waals surface area contributed by atoms with Crippen molar-refractivity contribution in [2.45, 2.75) is 38.3 Å². The maximum Gasteiger partial charge on any atom is 0.241 e. The summed E-state index contributed by atoms with van der Waals surface area (Å²) < 4.78 is 0. The Balaban J connectivity index is 1.40. The van der Waals surface area contributed by atoms with E-state index in [4.69, 9.17) is 11.6 Å². The molecule has 2 fully saturated rings. The molecular formula is C28H39ClN4O. The van der Waals surface area contributed by atoms with Crippen LogP contribution in [0.3, 0.4) is 0 Å². The fraction of sp³-hybridized carbons (Fsp3) is 0.536. The highest BCUT2D eigenvalue weighted by molar-refractivity contribution is 6.25. The molecule has 0 radical (unpaired) electrons. The minimum Gasteiger partial charge on any atom is -0.311 e. The van der Waals surface area contributed by atoms with E-state index in [2.05, 4.69) is 57.5 Å². The molecule has 0 spiro atoms. The van der Waals surface area contributed by atoms with E-state index in [1.54, 1.807) is 6.08 Å². The molecule has 184 valence electrons. The van der Waals surface area contributed by atoms with Crippen LogP contribution < -0.4 is 4.90 Å². The molecule has 2 saturated heterocycles. The summed E-state index contributed by atoms with van der Waals surface area (Å²) in [5, 5.41) is 0. The third-order valence-electron chi connectivity index (χ3n) is 7.68. The van der Waals surface area contributed by atoms with Gasteiger partial charge in [-0.3, -0.25) is 9.69 Å². The summed E-state index contributed by atoms with van der Waals surface area (Å²) in [6, 6.07) is 9.15. The average Bonchev–Trinajstić information content (AvgIpc) is 2.98. The van der Waals surface area contributed by atoms with Gasteiger partial charge in [0, 0.05) is 36.9 Å². The van der Waals surface area contributed by atoms with Gasteiger partial charge in [-0.25, -0.2) is 0 Å². The zero-order chi connectivity index (χ0) is 23.9. The smallest absolute Gasteiger partial charge is 0.241 e. The number of hydrogen-bond donors (Lipinski definition) is 0. The molecule has 3 aliphatic heterocycles. The Hall–Kier alpha value is -1.92. The lowest BCUT2D eigenvalue weighted by molar-refractivity contribution is -0.119. The zero-order valence-electron chi connectivity index (χ0n) is 20.5. The molecule has 6 heteroatoms. The monoisotopic (exact) mass is 482 g/mol. The molecule has 0 N–H and O–H groups in total. The lowest BCUT2D eigenvalue weighted by atomic mass is 9.92. The molecule has 3 heterocycles. The van der Waals surface area contributed by atoms with Crippen molar-refractivity contribution in [3.63, 3.8) is 0 Å². The van der Waals surface area contributed by atoms with Crippen LogP contribution in [-0.4, -0.2) is 79.5 Å². The molecule has 1 amide bonds. The number of fused-ring (bicyclic) bond motifs is 1. The van der Waals surface area contributed by atoms with Gasteiger partial charge in [0.25, 0.3) is 0 Å². The normalized spacial score (nSPS) is 22.8. The number of benzene rings is 1. The Morgan fingerprint density at radius 1 is 1.09 bits per heavy atom. The van der Waals surface area contributed by atoms with Crippen LogP contribution in [-0.2, 0) is 11.3 Å². The number of anilines is 1. The Bertz CT molecular complexity index is 897. The summed E-state index contributed by atoms with van der Waals surface area (Å²) in [6.07, 6.45) is 10.5. The van der Waals surface area contributed by atoms with Gasteiger partial charge in [-0.05, 0) is 82.0 Å². The first-order valence-corrected chi connectivity index (χ1v) is 13.1. The van der Waals surface area contributed by atoms with Crippen molar-refractivity contribution >= 4 is 23.2 Å². The number of likely N-dealkylation sites (tertiary alicyclic amines) is 2. The zero-order valence-corrected chi connectivity index (χ0v) is 21.3. The third-order valence-corrected chi connectivity index (χ3v) is 7.83. The summed E-state index contributed by atoms with van der Waals surface area (Å²) in [6.45, 7) is 11.3. The number of carbonyl (C=O) groups excluding carboxylic acids is 1. The van der Waals surface area contributed by atoms with Crippen molar-refractivity contribution in [1.82, 2.24) is 14.7 Å². The third kappa shape index (κ3) is 6.39.